The molecule has 0 saturated heterocycles. The van der Waals surface area contributed by atoms with E-state index in [0.29, 0.717) is 11.2 Å². The zero-order chi connectivity index (χ0) is 22.1. The van der Waals surface area contributed by atoms with Crippen LogP contribution in [0.3, 0.4) is 0 Å². The van der Waals surface area contributed by atoms with Gasteiger partial charge in [0.15, 0.2) is 5.82 Å². The highest BCUT2D eigenvalue weighted by Crippen LogP contribution is 2.35. The Bertz CT molecular complexity index is 1240. The molecule has 2 aromatic heterocycles. The lowest BCUT2D eigenvalue weighted by atomic mass is 9.95. The molecule has 1 aliphatic carbocycles. The Morgan fingerprint density at radius 2 is 1.81 bits per heavy atom. The van der Waals surface area contributed by atoms with Gasteiger partial charge in [-0.25, -0.2) is 9.67 Å². The molecule has 0 aliphatic heterocycles. The topological polar surface area (TPSA) is 68.5 Å². The minimum absolute atomic E-state index is 0.310. The minimum Gasteiger partial charge on any atom is -0.371 e. The number of anilines is 1. The molecule has 2 heterocycles. The third kappa shape index (κ3) is 4.07. The summed E-state index contributed by atoms with van der Waals surface area (Å²) in [5.41, 5.74) is 5.22. The first-order chi connectivity index (χ1) is 15.6. The quantitative estimate of drug-likeness (QED) is 0.370. The fourth-order valence-corrected chi connectivity index (χ4v) is 4.82. The highest BCUT2D eigenvalue weighted by molar-refractivity contribution is 6.30. The van der Waals surface area contributed by atoms with Gasteiger partial charge in [-0.2, -0.15) is 0 Å². The summed E-state index contributed by atoms with van der Waals surface area (Å²) in [7, 11) is 0. The third-order valence-electron chi connectivity index (χ3n) is 6.53. The van der Waals surface area contributed by atoms with Gasteiger partial charge in [0.05, 0.1) is 11.6 Å². The van der Waals surface area contributed by atoms with Crippen molar-refractivity contribution in [3.63, 3.8) is 0 Å². The van der Waals surface area contributed by atoms with Crippen LogP contribution in [0.2, 0.25) is 5.15 Å². The normalized spacial score (nSPS) is 15.7. The molecule has 0 amide bonds. The second-order valence-electron chi connectivity index (χ2n) is 8.71. The number of benzene rings is 2. The highest BCUT2D eigenvalue weighted by Gasteiger charge is 2.28. The summed E-state index contributed by atoms with van der Waals surface area (Å²) in [6, 6.07) is 16.5. The molecule has 164 valence electrons. The molecule has 7 heteroatoms. The summed E-state index contributed by atoms with van der Waals surface area (Å²) in [6.45, 7) is 4.23. The standard InChI is InChI=1S/C25H27ClN6/c1-16-12-13-19(14-17(16)2)27-23(21-15-18-8-6-7-11-22(18)28-24(21)26)25-29-30-31-32(25)20-9-4-3-5-10-20/h6-8,11-15,20,23,27H,3-5,9-10H2,1-2H3. The molecule has 5 rings (SSSR count). The molecule has 0 radical (unpaired) electrons. The largest absolute Gasteiger partial charge is 0.371 e. The second kappa shape index (κ2) is 8.87. The van der Waals surface area contributed by atoms with E-state index < -0.39 is 0 Å². The number of halogens is 1. The summed E-state index contributed by atoms with van der Waals surface area (Å²) in [6.07, 6.45) is 5.88. The van der Waals surface area contributed by atoms with Crippen LogP contribution in [0, 0.1) is 13.8 Å². The number of aromatic nitrogens is 5. The molecule has 1 fully saturated rings. The van der Waals surface area contributed by atoms with Gasteiger partial charge >= 0.3 is 0 Å². The smallest absolute Gasteiger partial charge is 0.178 e. The summed E-state index contributed by atoms with van der Waals surface area (Å²) in [4.78, 5) is 4.67. The van der Waals surface area contributed by atoms with Gasteiger partial charge in [-0.1, -0.05) is 55.1 Å². The molecule has 1 saturated carbocycles. The van der Waals surface area contributed by atoms with Gasteiger partial charge in [0.25, 0.3) is 0 Å². The Balaban J connectivity index is 1.62. The molecular weight excluding hydrogens is 420 g/mol. The van der Waals surface area contributed by atoms with E-state index in [2.05, 4.69) is 70.0 Å². The van der Waals surface area contributed by atoms with E-state index >= 15 is 0 Å². The third-order valence-corrected chi connectivity index (χ3v) is 6.83. The van der Waals surface area contributed by atoms with Gasteiger partial charge in [-0.05, 0) is 72.5 Å². The van der Waals surface area contributed by atoms with Crippen molar-refractivity contribution < 1.29 is 0 Å². The molecule has 6 nitrogen and oxygen atoms in total. The molecule has 2 aromatic carbocycles. The highest BCUT2D eigenvalue weighted by atomic mass is 35.5. The van der Waals surface area contributed by atoms with Crippen LogP contribution < -0.4 is 5.32 Å². The lowest BCUT2D eigenvalue weighted by molar-refractivity contribution is 0.315. The number of nitrogens with zero attached hydrogens (tertiary/aromatic N) is 5. The van der Waals surface area contributed by atoms with Gasteiger partial charge in [-0.15, -0.1) is 5.10 Å². The summed E-state index contributed by atoms with van der Waals surface area (Å²) in [5.74, 6) is 0.772. The van der Waals surface area contributed by atoms with Crippen molar-refractivity contribution in [3.8, 4) is 0 Å². The van der Waals surface area contributed by atoms with Crippen molar-refractivity contribution in [2.75, 3.05) is 5.32 Å². The number of hydrogen-bond donors (Lipinski definition) is 1. The van der Waals surface area contributed by atoms with E-state index in [-0.39, 0.29) is 6.04 Å². The Kier molecular flexibility index (Phi) is 5.79. The lowest BCUT2D eigenvalue weighted by Gasteiger charge is -2.26. The maximum atomic E-state index is 6.75. The van der Waals surface area contributed by atoms with Gasteiger partial charge in [0.1, 0.15) is 11.2 Å². The number of nitrogens with one attached hydrogen (secondary N) is 1. The van der Waals surface area contributed by atoms with Crippen LogP contribution in [0.25, 0.3) is 10.9 Å². The number of para-hydroxylation sites is 1. The summed E-state index contributed by atoms with van der Waals surface area (Å²) >= 11 is 6.75. The molecule has 1 aliphatic rings. The molecule has 0 spiro atoms. The zero-order valence-corrected chi connectivity index (χ0v) is 19.2. The van der Waals surface area contributed by atoms with Gasteiger partial charge in [0, 0.05) is 16.6 Å². The SMILES string of the molecule is Cc1ccc(NC(c2cc3ccccc3nc2Cl)c2nnnn2C2CCCCC2)cc1C. The Morgan fingerprint density at radius 3 is 2.62 bits per heavy atom. The first-order valence-electron chi connectivity index (χ1n) is 11.3. The fraction of sp³-hybridized carbons (Fsp3) is 0.360. The Hall–Kier alpha value is -2.99. The van der Waals surface area contributed by atoms with Crippen molar-refractivity contribution in [1.29, 1.82) is 0 Å². The molecule has 4 aromatic rings. The van der Waals surface area contributed by atoms with Gasteiger partial charge < -0.3 is 5.32 Å². The van der Waals surface area contributed by atoms with E-state index in [9.17, 15) is 0 Å². The molecule has 1 unspecified atom stereocenters. The second-order valence-corrected chi connectivity index (χ2v) is 9.07. The van der Waals surface area contributed by atoms with Gasteiger partial charge in [-0.3, -0.25) is 0 Å². The zero-order valence-electron chi connectivity index (χ0n) is 18.4. The Morgan fingerprint density at radius 1 is 1.00 bits per heavy atom. The van der Waals surface area contributed by atoms with Crippen LogP contribution in [-0.2, 0) is 0 Å². The fourth-order valence-electron chi connectivity index (χ4n) is 4.57. The van der Waals surface area contributed by atoms with E-state index in [0.717, 1.165) is 40.8 Å². The number of aryl methyl sites for hydroxylation is 2. The van der Waals surface area contributed by atoms with Crippen molar-refractivity contribution >= 4 is 28.2 Å². The average molecular weight is 447 g/mol. The van der Waals surface area contributed by atoms with Crippen molar-refractivity contribution in [2.45, 2.75) is 58.0 Å². The van der Waals surface area contributed by atoms with Crippen LogP contribution >= 0.6 is 11.6 Å². The molecular formula is C25H27ClN6. The predicted molar refractivity (Wildman–Crippen MR) is 128 cm³/mol. The molecule has 1 atom stereocenters. The number of pyridine rings is 1. The van der Waals surface area contributed by atoms with Crippen LogP contribution in [0.1, 0.15) is 66.7 Å². The van der Waals surface area contributed by atoms with Crippen molar-refractivity contribution in [2.24, 2.45) is 0 Å². The van der Waals surface area contributed by atoms with E-state index in [1.165, 1.54) is 30.4 Å². The number of hydrogen-bond acceptors (Lipinski definition) is 5. The monoisotopic (exact) mass is 446 g/mol. The minimum atomic E-state index is -0.321. The van der Waals surface area contributed by atoms with Crippen LogP contribution in [0.5, 0.6) is 0 Å². The molecule has 0 bridgehead atoms. The van der Waals surface area contributed by atoms with E-state index in [1.54, 1.807) is 0 Å². The maximum absolute atomic E-state index is 6.75. The van der Waals surface area contributed by atoms with Gasteiger partial charge in [0.2, 0.25) is 0 Å². The maximum Gasteiger partial charge on any atom is 0.178 e. The lowest BCUT2D eigenvalue weighted by Crippen LogP contribution is -2.23. The van der Waals surface area contributed by atoms with Crippen molar-refractivity contribution in [1.82, 2.24) is 25.2 Å². The molecule has 1 N–H and O–H groups in total. The first-order valence-corrected chi connectivity index (χ1v) is 11.6. The molecule has 32 heavy (non-hydrogen) atoms. The predicted octanol–water partition coefficient (Wildman–Crippen LogP) is 6.20. The Labute approximate surface area is 193 Å². The van der Waals surface area contributed by atoms with E-state index in [1.807, 2.05) is 22.9 Å². The number of fused-ring (bicyclic) bond motifs is 1. The average Bonchev–Trinajstić information content (AvgIpc) is 3.30. The van der Waals surface area contributed by atoms with E-state index in [4.69, 9.17) is 11.6 Å². The number of tetrazole rings is 1. The summed E-state index contributed by atoms with van der Waals surface area (Å²) in [5, 5.41) is 18.1. The van der Waals surface area contributed by atoms with Crippen molar-refractivity contribution in [3.05, 3.63) is 76.2 Å². The first kappa shape index (κ1) is 20.9. The number of rotatable bonds is 5. The van der Waals surface area contributed by atoms with Crippen LogP contribution in [-0.4, -0.2) is 25.2 Å². The summed E-state index contributed by atoms with van der Waals surface area (Å²) < 4.78 is 2.00. The van der Waals surface area contributed by atoms with Crippen LogP contribution in [0.4, 0.5) is 5.69 Å². The van der Waals surface area contributed by atoms with Crippen LogP contribution in [0.15, 0.2) is 48.5 Å².